The van der Waals surface area contributed by atoms with Gasteiger partial charge in [-0.2, -0.15) is 0 Å². The third kappa shape index (κ3) is 3.21. The van der Waals surface area contributed by atoms with E-state index in [1.54, 1.807) is 0 Å². The Hall–Kier alpha value is -0.0800. The maximum atomic E-state index is 5.75. The summed E-state index contributed by atoms with van der Waals surface area (Å²) in [5.74, 6) is 0. The van der Waals surface area contributed by atoms with E-state index in [9.17, 15) is 0 Å². The average molecular weight is 157 g/mol. The highest BCUT2D eigenvalue weighted by atomic mass is 16.5. The summed E-state index contributed by atoms with van der Waals surface area (Å²) in [4.78, 5) is 0. The summed E-state index contributed by atoms with van der Waals surface area (Å²) in [7, 11) is 0. The Balaban J connectivity index is 1.99. The molecule has 0 aromatic rings. The first-order valence-electron chi connectivity index (χ1n) is 4.70. The summed E-state index contributed by atoms with van der Waals surface area (Å²) in [5.41, 5.74) is 5.75. The molecule has 0 radical (unpaired) electrons. The van der Waals surface area contributed by atoms with Gasteiger partial charge in [0.25, 0.3) is 0 Å². The molecule has 0 spiro atoms. The fraction of sp³-hybridized carbons (Fsp3) is 1.00. The van der Waals surface area contributed by atoms with E-state index >= 15 is 0 Å². The summed E-state index contributed by atoms with van der Waals surface area (Å²) < 4.78 is 5.63. The Morgan fingerprint density at radius 3 is 2.82 bits per heavy atom. The molecule has 0 heterocycles. The van der Waals surface area contributed by atoms with Gasteiger partial charge >= 0.3 is 0 Å². The predicted molar refractivity (Wildman–Crippen MR) is 46.5 cm³/mol. The Kier molecular flexibility index (Phi) is 3.87. The zero-order chi connectivity index (χ0) is 8.10. The average Bonchev–Trinajstić information content (AvgIpc) is 2.37. The summed E-state index contributed by atoms with van der Waals surface area (Å²) in [6.45, 7) is 3.11. The Bertz CT molecular complexity index is 106. The van der Waals surface area contributed by atoms with E-state index in [1.165, 1.54) is 19.3 Å². The van der Waals surface area contributed by atoms with E-state index in [1.807, 2.05) is 0 Å². The standard InChI is InChI=1S/C9H19NO/c1-2-3-6-11-9-5-4-8(10)7-9/h8-9H,2-7,10H2,1H3/t8-,9+/m0/s1. The molecule has 2 N–H and O–H groups in total. The molecule has 0 bridgehead atoms. The van der Waals surface area contributed by atoms with E-state index in [4.69, 9.17) is 10.5 Å². The summed E-state index contributed by atoms with van der Waals surface area (Å²) >= 11 is 0. The molecule has 0 aliphatic heterocycles. The summed E-state index contributed by atoms with van der Waals surface area (Å²) in [6, 6.07) is 0.404. The number of rotatable bonds is 4. The third-order valence-corrected chi connectivity index (χ3v) is 2.28. The molecule has 0 aromatic heterocycles. The molecule has 0 unspecified atom stereocenters. The van der Waals surface area contributed by atoms with Crippen LogP contribution in [0.2, 0.25) is 0 Å². The molecule has 1 aliphatic carbocycles. The molecule has 0 saturated heterocycles. The smallest absolute Gasteiger partial charge is 0.0590 e. The lowest BCUT2D eigenvalue weighted by atomic mass is 10.3. The van der Waals surface area contributed by atoms with Gasteiger partial charge in [0, 0.05) is 12.6 Å². The Labute approximate surface area is 69.1 Å². The molecule has 0 aromatic carbocycles. The van der Waals surface area contributed by atoms with Crippen molar-refractivity contribution in [2.24, 2.45) is 5.73 Å². The van der Waals surface area contributed by atoms with Crippen LogP contribution in [0.25, 0.3) is 0 Å². The van der Waals surface area contributed by atoms with Crippen LogP contribution >= 0.6 is 0 Å². The lowest BCUT2D eigenvalue weighted by Crippen LogP contribution is -2.17. The van der Waals surface area contributed by atoms with E-state index in [0.717, 1.165) is 19.4 Å². The molecular formula is C9H19NO. The van der Waals surface area contributed by atoms with Crippen LogP contribution in [0.15, 0.2) is 0 Å². The van der Waals surface area contributed by atoms with E-state index in [2.05, 4.69) is 6.92 Å². The molecular weight excluding hydrogens is 138 g/mol. The maximum absolute atomic E-state index is 5.75. The zero-order valence-electron chi connectivity index (χ0n) is 7.38. The van der Waals surface area contributed by atoms with Crippen LogP contribution in [-0.2, 0) is 4.74 Å². The van der Waals surface area contributed by atoms with Crippen LogP contribution in [0.5, 0.6) is 0 Å². The normalized spacial score (nSPS) is 31.1. The van der Waals surface area contributed by atoms with Gasteiger partial charge in [0.15, 0.2) is 0 Å². The van der Waals surface area contributed by atoms with Gasteiger partial charge < -0.3 is 10.5 Å². The van der Waals surface area contributed by atoms with Gasteiger partial charge in [0.05, 0.1) is 6.10 Å². The molecule has 1 fully saturated rings. The summed E-state index contributed by atoms with van der Waals surface area (Å²) in [6.07, 6.45) is 6.27. The minimum atomic E-state index is 0.404. The minimum absolute atomic E-state index is 0.404. The van der Waals surface area contributed by atoms with Crippen molar-refractivity contribution in [1.29, 1.82) is 0 Å². The fourth-order valence-corrected chi connectivity index (χ4v) is 1.52. The van der Waals surface area contributed by atoms with E-state index in [-0.39, 0.29) is 0 Å². The monoisotopic (exact) mass is 157 g/mol. The number of hydrogen-bond acceptors (Lipinski definition) is 2. The second-order valence-electron chi connectivity index (χ2n) is 3.42. The van der Waals surface area contributed by atoms with Gasteiger partial charge in [-0.25, -0.2) is 0 Å². The number of nitrogens with two attached hydrogens (primary N) is 1. The number of hydrogen-bond donors (Lipinski definition) is 1. The van der Waals surface area contributed by atoms with Gasteiger partial charge in [-0.3, -0.25) is 0 Å². The van der Waals surface area contributed by atoms with Crippen molar-refractivity contribution in [2.75, 3.05) is 6.61 Å². The van der Waals surface area contributed by atoms with Crippen molar-refractivity contribution in [1.82, 2.24) is 0 Å². The topological polar surface area (TPSA) is 35.2 Å². The number of ether oxygens (including phenoxy) is 1. The van der Waals surface area contributed by atoms with Crippen molar-refractivity contribution in [2.45, 2.75) is 51.2 Å². The first-order chi connectivity index (χ1) is 5.33. The Morgan fingerprint density at radius 1 is 1.45 bits per heavy atom. The van der Waals surface area contributed by atoms with Crippen molar-refractivity contribution < 1.29 is 4.74 Å². The lowest BCUT2D eigenvalue weighted by molar-refractivity contribution is 0.0556. The fourth-order valence-electron chi connectivity index (χ4n) is 1.52. The van der Waals surface area contributed by atoms with E-state index in [0.29, 0.717) is 12.1 Å². The summed E-state index contributed by atoms with van der Waals surface area (Å²) in [5, 5.41) is 0. The molecule has 2 atom stereocenters. The largest absolute Gasteiger partial charge is 0.378 e. The zero-order valence-corrected chi connectivity index (χ0v) is 7.38. The SMILES string of the molecule is CCCCO[C@@H]1CC[C@H](N)C1. The lowest BCUT2D eigenvalue weighted by Gasteiger charge is -2.10. The molecule has 2 nitrogen and oxygen atoms in total. The van der Waals surface area contributed by atoms with Crippen LogP contribution in [0.3, 0.4) is 0 Å². The van der Waals surface area contributed by atoms with Crippen molar-refractivity contribution in [3.05, 3.63) is 0 Å². The molecule has 0 amide bonds. The van der Waals surface area contributed by atoms with E-state index < -0.39 is 0 Å². The van der Waals surface area contributed by atoms with Crippen LogP contribution in [0, 0.1) is 0 Å². The maximum Gasteiger partial charge on any atom is 0.0590 e. The van der Waals surface area contributed by atoms with Gasteiger partial charge in [-0.05, 0) is 25.7 Å². The second kappa shape index (κ2) is 4.73. The molecule has 1 aliphatic rings. The van der Waals surface area contributed by atoms with Gasteiger partial charge in [-0.1, -0.05) is 13.3 Å². The molecule has 2 heteroatoms. The minimum Gasteiger partial charge on any atom is -0.378 e. The molecule has 1 rings (SSSR count). The first kappa shape index (κ1) is 9.01. The molecule has 11 heavy (non-hydrogen) atoms. The Morgan fingerprint density at radius 2 is 2.27 bits per heavy atom. The van der Waals surface area contributed by atoms with Crippen LogP contribution in [0.4, 0.5) is 0 Å². The highest BCUT2D eigenvalue weighted by molar-refractivity contribution is 4.77. The van der Waals surface area contributed by atoms with Gasteiger partial charge in [-0.15, -0.1) is 0 Å². The molecule has 1 saturated carbocycles. The molecule has 66 valence electrons. The predicted octanol–water partition coefficient (Wildman–Crippen LogP) is 1.68. The highest BCUT2D eigenvalue weighted by Crippen LogP contribution is 2.20. The van der Waals surface area contributed by atoms with Crippen LogP contribution in [-0.4, -0.2) is 18.8 Å². The van der Waals surface area contributed by atoms with Crippen molar-refractivity contribution >= 4 is 0 Å². The van der Waals surface area contributed by atoms with Crippen molar-refractivity contribution in [3.63, 3.8) is 0 Å². The highest BCUT2D eigenvalue weighted by Gasteiger charge is 2.21. The van der Waals surface area contributed by atoms with Gasteiger partial charge in [0.2, 0.25) is 0 Å². The van der Waals surface area contributed by atoms with Crippen LogP contribution < -0.4 is 5.73 Å². The third-order valence-electron chi connectivity index (χ3n) is 2.28. The van der Waals surface area contributed by atoms with Crippen LogP contribution in [0.1, 0.15) is 39.0 Å². The quantitative estimate of drug-likeness (QED) is 0.630. The second-order valence-corrected chi connectivity index (χ2v) is 3.42. The number of unbranched alkanes of at least 4 members (excludes halogenated alkanes) is 1. The van der Waals surface area contributed by atoms with Crippen molar-refractivity contribution in [3.8, 4) is 0 Å². The van der Waals surface area contributed by atoms with Gasteiger partial charge in [0.1, 0.15) is 0 Å². The first-order valence-corrected chi connectivity index (χ1v) is 4.70.